The standard InChI is InChI=1S/C13H19NO3S2/c1-3-12-4-5-13(18-12)19(16,17)14-8-6-11(7-9-14)10(2)15/h4-5,11H,3,6-9H2,1-2H3. The van der Waals surface area contributed by atoms with Crippen LogP contribution >= 0.6 is 11.3 Å². The van der Waals surface area contributed by atoms with E-state index in [1.807, 2.05) is 13.0 Å². The molecule has 19 heavy (non-hydrogen) atoms. The van der Waals surface area contributed by atoms with Crippen LogP contribution in [0.2, 0.25) is 0 Å². The Labute approximate surface area is 118 Å². The Kier molecular flexibility index (Phi) is 4.43. The zero-order chi connectivity index (χ0) is 14.0. The molecular weight excluding hydrogens is 282 g/mol. The number of carbonyl (C=O) groups excluding carboxylic acids is 1. The van der Waals surface area contributed by atoms with E-state index in [9.17, 15) is 13.2 Å². The van der Waals surface area contributed by atoms with Crippen molar-refractivity contribution in [2.45, 2.75) is 37.3 Å². The van der Waals surface area contributed by atoms with E-state index in [-0.39, 0.29) is 11.7 Å². The molecule has 0 bridgehead atoms. The van der Waals surface area contributed by atoms with E-state index in [1.54, 1.807) is 13.0 Å². The largest absolute Gasteiger partial charge is 0.300 e. The Bertz CT molecular complexity index is 554. The lowest BCUT2D eigenvalue weighted by atomic mass is 9.95. The molecule has 0 aromatic carbocycles. The van der Waals surface area contributed by atoms with Gasteiger partial charge in [-0.15, -0.1) is 11.3 Å². The van der Waals surface area contributed by atoms with E-state index in [4.69, 9.17) is 0 Å². The van der Waals surface area contributed by atoms with Crippen LogP contribution in [-0.4, -0.2) is 31.6 Å². The van der Waals surface area contributed by atoms with E-state index in [0.717, 1.165) is 11.3 Å². The fourth-order valence-electron chi connectivity index (χ4n) is 2.32. The second kappa shape index (κ2) is 5.73. The van der Waals surface area contributed by atoms with Crippen molar-refractivity contribution in [3.05, 3.63) is 17.0 Å². The van der Waals surface area contributed by atoms with Crippen molar-refractivity contribution in [2.75, 3.05) is 13.1 Å². The number of Topliss-reactive ketones (excluding diaryl/α,β-unsaturated/α-hetero) is 1. The van der Waals surface area contributed by atoms with Crippen LogP contribution in [0.1, 0.15) is 31.6 Å². The highest BCUT2D eigenvalue weighted by molar-refractivity contribution is 7.91. The predicted octanol–water partition coefficient (Wildman–Crippen LogP) is 2.30. The summed E-state index contributed by atoms with van der Waals surface area (Å²) >= 11 is 1.34. The number of aryl methyl sites for hydroxylation is 1. The normalized spacial score (nSPS) is 18.6. The molecule has 0 saturated carbocycles. The number of hydrogen-bond donors (Lipinski definition) is 0. The molecule has 2 rings (SSSR count). The van der Waals surface area contributed by atoms with Gasteiger partial charge in [-0.2, -0.15) is 4.31 Å². The quantitative estimate of drug-likeness (QED) is 0.857. The summed E-state index contributed by atoms with van der Waals surface area (Å²) in [5, 5.41) is 0. The number of hydrogen-bond acceptors (Lipinski definition) is 4. The van der Waals surface area contributed by atoms with Gasteiger partial charge in [0, 0.05) is 23.9 Å². The molecule has 6 heteroatoms. The second-order valence-corrected chi connectivity index (χ2v) is 8.20. The van der Waals surface area contributed by atoms with Crippen LogP contribution in [0, 0.1) is 5.92 Å². The highest BCUT2D eigenvalue weighted by Gasteiger charge is 2.31. The summed E-state index contributed by atoms with van der Waals surface area (Å²) in [5.74, 6) is 0.197. The summed E-state index contributed by atoms with van der Waals surface area (Å²) in [5.41, 5.74) is 0. The first kappa shape index (κ1) is 14.7. The molecule has 106 valence electrons. The summed E-state index contributed by atoms with van der Waals surface area (Å²) < 4.78 is 26.8. The van der Waals surface area contributed by atoms with Gasteiger partial charge in [-0.3, -0.25) is 4.79 Å². The van der Waals surface area contributed by atoms with Crippen LogP contribution in [0.25, 0.3) is 0 Å². The van der Waals surface area contributed by atoms with Gasteiger partial charge in [-0.05, 0) is 38.3 Å². The fourth-order valence-corrected chi connectivity index (χ4v) is 5.24. The molecule has 1 saturated heterocycles. The Balaban J connectivity index is 2.11. The third-order valence-electron chi connectivity index (χ3n) is 3.61. The highest BCUT2D eigenvalue weighted by Crippen LogP contribution is 2.28. The Morgan fingerprint density at radius 1 is 1.37 bits per heavy atom. The van der Waals surface area contributed by atoms with Crippen molar-refractivity contribution in [2.24, 2.45) is 5.92 Å². The molecule has 4 nitrogen and oxygen atoms in total. The molecule has 0 unspecified atom stereocenters. The van der Waals surface area contributed by atoms with E-state index in [1.165, 1.54) is 15.6 Å². The topological polar surface area (TPSA) is 54.5 Å². The van der Waals surface area contributed by atoms with Crippen LogP contribution in [0.4, 0.5) is 0 Å². The van der Waals surface area contributed by atoms with Gasteiger partial charge in [0.25, 0.3) is 10.0 Å². The number of thiophene rings is 1. The van der Waals surface area contributed by atoms with Crippen LogP contribution in [0.5, 0.6) is 0 Å². The minimum atomic E-state index is -3.36. The van der Waals surface area contributed by atoms with Crippen LogP contribution < -0.4 is 0 Å². The third kappa shape index (κ3) is 3.07. The third-order valence-corrected chi connectivity index (χ3v) is 7.20. The minimum Gasteiger partial charge on any atom is -0.300 e. The summed E-state index contributed by atoms with van der Waals surface area (Å²) in [4.78, 5) is 12.4. The molecule has 0 spiro atoms. The highest BCUT2D eigenvalue weighted by atomic mass is 32.2. The molecule has 0 aliphatic carbocycles. The summed E-state index contributed by atoms with van der Waals surface area (Å²) in [6.45, 7) is 4.50. The van der Waals surface area contributed by atoms with Gasteiger partial charge in [-0.1, -0.05) is 6.92 Å². The number of ketones is 1. The Hall–Kier alpha value is -0.720. The van der Waals surface area contributed by atoms with E-state index >= 15 is 0 Å². The zero-order valence-corrected chi connectivity index (χ0v) is 12.9. The molecule has 1 aliphatic rings. The average molecular weight is 301 g/mol. The molecule has 0 radical (unpaired) electrons. The van der Waals surface area contributed by atoms with Gasteiger partial charge >= 0.3 is 0 Å². The molecule has 0 atom stereocenters. The lowest BCUT2D eigenvalue weighted by Crippen LogP contribution is -2.39. The van der Waals surface area contributed by atoms with Gasteiger partial charge in [-0.25, -0.2) is 8.42 Å². The van der Waals surface area contributed by atoms with Crippen molar-refractivity contribution >= 4 is 27.1 Å². The number of carbonyl (C=O) groups is 1. The monoisotopic (exact) mass is 301 g/mol. The molecule has 0 N–H and O–H groups in total. The molecule has 2 heterocycles. The summed E-state index contributed by atoms with van der Waals surface area (Å²) in [7, 11) is -3.36. The Morgan fingerprint density at radius 3 is 2.47 bits per heavy atom. The number of piperidine rings is 1. The maximum atomic E-state index is 12.4. The van der Waals surface area contributed by atoms with Crippen LogP contribution in [0.15, 0.2) is 16.3 Å². The molecule has 0 amide bonds. The van der Waals surface area contributed by atoms with E-state index < -0.39 is 10.0 Å². The average Bonchev–Trinajstić information content (AvgIpc) is 2.88. The number of nitrogens with zero attached hydrogens (tertiary/aromatic N) is 1. The zero-order valence-electron chi connectivity index (χ0n) is 11.3. The fraction of sp³-hybridized carbons (Fsp3) is 0.615. The summed E-state index contributed by atoms with van der Waals surface area (Å²) in [6.07, 6.45) is 2.13. The lowest BCUT2D eigenvalue weighted by molar-refractivity contribution is -0.121. The van der Waals surface area contributed by atoms with Gasteiger partial charge in [0.1, 0.15) is 9.99 Å². The predicted molar refractivity (Wildman–Crippen MR) is 75.9 cm³/mol. The van der Waals surface area contributed by atoms with Gasteiger partial charge in [0.15, 0.2) is 0 Å². The first-order chi connectivity index (χ1) is 8.95. The van der Waals surface area contributed by atoms with E-state index in [0.29, 0.717) is 30.1 Å². The van der Waals surface area contributed by atoms with Crippen molar-refractivity contribution < 1.29 is 13.2 Å². The smallest absolute Gasteiger partial charge is 0.252 e. The lowest BCUT2D eigenvalue weighted by Gasteiger charge is -2.29. The molecule has 1 aromatic heterocycles. The molecular formula is C13H19NO3S2. The van der Waals surface area contributed by atoms with Crippen molar-refractivity contribution in [3.63, 3.8) is 0 Å². The molecule has 1 aliphatic heterocycles. The molecule has 1 aromatic rings. The van der Waals surface area contributed by atoms with Gasteiger partial charge < -0.3 is 0 Å². The SMILES string of the molecule is CCc1ccc(S(=O)(=O)N2CCC(C(C)=O)CC2)s1. The Morgan fingerprint density at radius 2 is 2.00 bits per heavy atom. The van der Waals surface area contributed by atoms with Crippen LogP contribution in [-0.2, 0) is 21.2 Å². The summed E-state index contributed by atoms with van der Waals surface area (Å²) in [6, 6.07) is 3.57. The minimum absolute atomic E-state index is 0.0287. The first-order valence-corrected chi connectivity index (χ1v) is 8.80. The second-order valence-electron chi connectivity index (χ2n) is 4.86. The van der Waals surface area contributed by atoms with Crippen molar-refractivity contribution in [1.29, 1.82) is 0 Å². The first-order valence-electron chi connectivity index (χ1n) is 6.54. The van der Waals surface area contributed by atoms with Gasteiger partial charge in [0.05, 0.1) is 0 Å². The van der Waals surface area contributed by atoms with Gasteiger partial charge in [0.2, 0.25) is 0 Å². The van der Waals surface area contributed by atoms with E-state index in [2.05, 4.69) is 0 Å². The molecule has 1 fully saturated rings. The van der Waals surface area contributed by atoms with Crippen molar-refractivity contribution in [1.82, 2.24) is 4.31 Å². The van der Waals surface area contributed by atoms with Crippen LogP contribution in [0.3, 0.4) is 0 Å². The number of sulfonamides is 1. The van der Waals surface area contributed by atoms with Crippen molar-refractivity contribution in [3.8, 4) is 0 Å². The maximum absolute atomic E-state index is 12.4. The maximum Gasteiger partial charge on any atom is 0.252 e. The number of rotatable bonds is 4.